The second-order valence-electron chi connectivity index (χ2n) is 10.5. The number of hydrogen-bond acceptors (Lipinski definition) is 5. The van der Waals surface area contributed by atoms with E-state index in [1.54, 1.807) is 12.1 Å². The van der Waals surface area contributed by atoms with Crippen LogP contribution in [0.25, 0.3) is 33.2 Å². The Morgan fingerprint density at radius 3 is 1.89 bits per heavy atom. The highest BCUT2D eigenvalue weighted by atomic mass is 16.5. The molecule has 6 nitrogen and oxygen atoms in total. The van der Waals surface area contributed by atoms with E-state index in [0.29, 0.717) is 40.4 Å². The molecule has 0 amide bonds. The zero-order valence-corrected chi connectivity index (χ0v) is 23.9. The minimum absolute atomic E-state index is 0.120. The van der Waals surface area contributed by atoms with Crippen molar-refractivity contribution in [3.8, 4) is 28.6 Å². The summed E-state index contributed by atoms with van der Waals surface area (Å²) in [5.41, 5.74) is 4.58. The summed E-state index contributed by atoms with van der Waals surface area (Å²) in [6, 6.07) is 40.8. The van der Waals surface area contributed by atoms with Crippen LogP contribution >= 0.6 is 0 Å². The third-order valence-corrected chi connectivity index (χ3v) is 7.42. The van der Waals surface area contributed by atoms with E-state index in [1.165, 1.54) is 0 Å². The van der Waals surface area contributed by atoms with Crippen LogP contribution in [0.2, 0.25) is 0 Å². The van der Waals surface area contributed by atoms with Gasteiger partial charge in [0.15, 0.2) is 5.76 Å². The largest absolute Gasteiger partial charge is 0.489 e. The summed E-state index contributed by atoms with van der Waals surface area (Å²) in [5, 5.41) is 1.34. The number of hydrogen-bond donors (Lipinski definition) is 1. The molecule has 5 aromatic carbocycles. The summed E-state index contributed by atoms with van der Waals surface area (Å²) in [7, 11) is 0. The van der Waals surface area contributed by atoms with Crippen molar-refractivity contribution in [2.75, 3.05) is 0 Å². The van der Waals surface area contributed by atoms with Gasteiger partial charge in [-0.25, -0.2) is 0 Å². The molecule has 0 spiro atoms. The number of rotatable bonds is 10. The van der Waals surface area contributed by atoms with Crippen LogP contribution in [0.5, 0.6) is 17.2 Å². The van der Waals surface area contributed by atoms with Gasteiger partial charge in [0.2, 0.25) is 11.2 Å². The lowest BCUT2D eigenvalue weighted by Crippen LogP contribution is -2.12. The fourth-order valence-corrected chi connectivity index (χ4v) is 5.16. The van der Waals surface area contributed by atoms with E-state index >= 15 is 0 Å². The molecule has 1 N–H and O–H groups in total. The van der Waals surface area contributed by atoms with Crippen molar-refractivity contribution in [3.05, 3.63) is 161 Å². The SMILES string of the molecule is O=c1c(OCc2ccccc2)c(-c2ccc3cc[nH]c3c2)oc2cc(OCc3ccccc3)cc(OCc3ccccc3)c12. The molecule has 2 heterocycles. The van der Waals surface area contributed by atoms with Crippen LogP contribution in [0.3, 0.4) is 0 Å². The van der Waals surface area contributed by atoms with Gasteiger partial charge in [-0.3, -0.25) is 4.79 Å². The lowest BCUT2D eigenvalue weighted by Gasteiger charge is -2.16. The van der Waals surface area contributed by atoms with Crippen molar-refractivity contribution in [1.29, 1.82) is 0 Å². The Labute approximate surface area is 254 Å². The van der Waals surface area contributed by atoms with Crippen molar-refractivity contribution in [3.63, 3.8) is 0 Å². The maximum absolute atomic E-state index is 14.4. The number of fused-ring (bicyclic) bond motifs is 2. The third-order valence-electron chi connectivity index (χ3n) is 7.42. The molecule has 216 valence electrons. The van der Waals surface area contributed by atoms with Gasteiger partial charge in [0.1, 0.15) is 42.3 Å². The smallest absolute Gasteiger partial charge is 0.239 e. The molecule has 0 saturated heterocycles. The number of aromatic nitrogens is 1. The standard InChI is InChI=1S/C38H29NO5/c40-36-35-33(42-24-27-12-6-2-7-13-27)21-31(41-23-26-10-4-1-5-11-26)22-34(35)44-37(30-17-16-29-18-19-39-32(29)20-30)38(36)43-25-28-14-8-3-9-15-28/h1-22,39H,23-25H2. The van der Waals surface area contributed by atoms with Gasteiger partial charge in [-0.1, -0.05) is 103 Å². The minimum atomic E-state index is -0.318. The molecule has 0 radical (unpaired) electrons. The summed E-state index contributed by atoms with van der Waals surface area (Å²) in [6.45, 7) is 0.819. The predicted octanol–water partition coefficient (Wildman–Crippen LogP) is 8.68. The Morgan fingerprint density at radius 2 is 1.23 bits per heavy atom. The van der Waals surface area contributed by atoms with Crippen LogP contribution in [0, 0.1) is 0 Å². The quantitative estimate of drug-likeness (QED) is 0.176. The van der Waals surface area contributed by atoms with Crippen molar-refractivity contribution in [2.45, 2.75) is 19.8 Å². The average Bonchev–Trinajstić information content (AvgIpc) is 3.55. The first-order chi connectivity index (χ1) is 21.7. The predicted molar refractivity (Wildman–Crippen MR) is 172 cm³/mol. The van der Waals surface area contributed by atoms with E-state index in [0.717, 1.165) is 27.6 Å². The van der Waals surface area contributed by atoms with E-state index in [2.05, 4.69) is 4.98 Å². The van der Waals surface area contributed by atoms with E-state index < -0.39 is 0 Å². The molecule has 0 unspecified atom stereocenters. The average molecular weight is 580 g/mol. The zero-order chi connectivity index (χ0) is 29.7. The zero-order valence-electron chi connectivity index (χ0n) is 23.9. The van der Waals surface area contributed by atoms with Crippen molar-refractivity contribution in [2.24, 2.45) is 0 Å². The van der Waals surface area contributed by atoms with Crippen molar-refractivity contribution in [1.82, 2.24) is 4.98 Å². The fraction of sp³-hybridized carbons (Fsp3) is 0.0789. The molecule has 6 heteroatoms. The fourth-order valence-electron chi connectivity index (χ4n) is 5.16. The van der Waals surface area contributed by atoms with Gasteiger partial charge in [-0.15, -0.1) is 0 Å². The molecular formula is C38H29NO5. The van der Waals surface area contributed by atoms with Gasteiger partial charge < -0.3 is 23.6 Å². The van der Waals surface area contributed by atoms with Gasteiger partial charge in [-0.2, -0.15) is 0 Å². The number of aromatic amines is 1. The van der Waals surface area contributed by atoms with Crippen LogP contribution in [0.1, 0.15) is 16.7 Å². The third kappa shape index (κ3) is 5.78. The first-order valence-electron chi connectivity index (χ1n) is 14.4. The number of H-pyrrole nitrogens is 1. The molecule has 2 aromatic heterocycles. The van der Waals surface area contributed by atoms with Crippen LogP contribution in [-0.2, 0) is 19.8 Å². The van der Waals surface area contributed by atoms with Gasteiger partial charge in [0.25, 0.3) is 0 Å². The monoisotopic (exact) mass is 579 g/mol. The highest BCUT2D eigenvalue weighted by Crippen LogP contribution is 2.38. The van der Waals surface area contributed by atoms with Gasteiger partial charge in [-0.05, 0) is 34.2 Å². The Bertz CT molecular complexity index is 2080. The second-order valence-corrected chi connectivity index (χ2v) is 10.5. The summed E-state index contributed by atoms with van der Waals surface area (Å²) in [4.78, 5) is 17.6. The summed E-state index contributed by atoms with van der Waals surface area (Å²) >= 11 is 0. The molecule has 0 bridgehead atoms. The summed E-state index contributed by atoms with van der Waals surface area (Å²) < 4.78 is 25.3. The molecule has 7 rings (SSSR count). The molecule has 7 aromatic rings. The van der Waals surface area contributed by atoms with Gasteiger partial charge in [0, 0.05) is 29.4 Å². The topological polar surface area (TPSA) is 73.7 Å². The maximum Gasteiger partial charge on any atom is 0.239 e. The van der Waals surface area contributed by atoms with Crippen molar-refractivity contribution >= 4 is 21.9 Å². The first kappa shape index (κ1) is 27.1. The first-order valence-corrected chi connectivity index (χ1v) is 14.4. The van der Waals surface area contributed by atoms with Crippen molar-refractivity contribution < 1.29 is 18.6 Å². The Balaban J connectivity index is 1.36. The normalized spacial score (nSPS) is 11.1. The number of ether oxygens (including phenoxy) is 3. The van der Waals surface area contributed by atoms with Gasteiger partial charge >= 0.3 is 0 Å². The molecule has 44 heavy (non-hydrogen) atoms. The summed E-state index contributed by atoms with van der Waals surface area (Å²) in [5.74, 6) is 1.34. The van der Waals surface area contributed by atoms with Crippen LogP contribution in [0.15, 0.2) is 143 Å². The molecule has 0 aliphatic heterocycles. The van der Waals surface area contributed by atoms with E-state index in [4.69, 9.17) is 18.6 Å². The highest BCUT2D eigenvalue weighted by molar-refractivity contribution is 5.90. The minimum Gasteiger partial charge on any atom is -0.489 e. The molecular weight excluding hydrogens is 550 g/mol. The lowest BCUT2D eigenvalue weighted by molar-refractivity contribution is 0.288. The Kier molecular flexibility index (Phi) is 7.54. The van der Waals surface area contributed by atoms with E-state index in [9.17, 15) is 4.79 Å². The van der Waals surface area contributed by atoms with Crippen LogP contribution < -0.4 is 19.6 Å². The number of benzene rings is 5. The summed E-state index contributed by atoms with van der Waals surface area (Å²) in [6.07, 6.45) is 1.88. The van der Waals surface area contributed by atoms with Gasteiger partial charge in [0.05, 0.1) is 0 Å². The molecule has 0 aliphatic carbocycles. The molecule has 0 aliphatic rings. The number of nitrogens with one attached hydrogen (secondary N) is 1. The van der Waals surface area contributed by atoms with E-state index in [1.807, 2.05) is 121 Å². The van der Waals surface area contributed by atoms with Crippen LogP contribution in [-0.4, -0.2) is 4.98 Å². The highest BCUT2D eigenvalue weighted by Gasteiger charge is 2.22. The second kappa shape index (κ2) is 12.2. The Hall–Kier alpha value is -5.75. The Morgan fingerprint density at radius 1 is 0.614 bits per heavy atom. The molecule has 0 fully saturated rings. The van der Waals surface area contributed by atoms with Crippen LogP contribution in [0.4, 0.5) is 0 Å². The van der Waals surface area contributed by atoms with E-state index in [-0.39, 0.29) is 24.4 Å². The maximum atomic E-state index is 14.4. The molecule has 0 atom stereocenters. The molecule has 0 saturated carbocycles. The lowest BCUT2D eigenvalue weighted by atomic mass is 10.1.